The van der Waals surface area contributed by atoms with Crippen LogP contribution in [0.2, 0.25) is 5.02 Å². The van der Waals surface area contributed by atoms with Crippen LogP contribution in [0.4, 0.5) is 5.82 Å². The topological polar surface area (TPSA) is 78.4 Å². The molecule has 0 radical (unpaired) electrons. The van der Waals surface area contributed by atoms with E-state index in [-0.39, 0.29) is 24.5 Å². The van der Waals surface area contributed by atoms with E-state index in [0.29, 0.717) is 23.7 Å². The summed E-state index contributed by atoms with van der Waals surface area (Å²) < 4.78 is 0. The number of rotatable bonds is 4. The van der Waals surface area contributed by atoms with Crippen LogP contribution in [0.5, 0.6) is 0 Å². The van der Waals surface area contributed by atoms with Crippen LogP contribution in [-0.2, 0) is 0 Å². The molecule has 2 atom stereocenters. The minimum absolute atomic E-state index is 0.00206. The summed E-state index contributed by atoms with van der Waals surface area (Å²) in [7, 11) is 0. The van der Waals surface area contributed by atoms with Gasteiger partial charge in [0.1, 0.15) is 12.1 Å². The molecule has 0 bridgehead atoms. The Morgan fingerprint density at radius 3 is 2.96 bits per heavy atom. The first-order valence-electron chi connectivity index (χ1n) is 7.35. The molecular weight excluding hydrogens is 316 g/mol. The van der Waals surface area contributed by atoms with Gasteiger partial charge in [-0.1, -0.05) is 17.7 Å². The molecule has 1 aromatic heterocycles. The van der Waals surface area contributed by atoms with Crippen molar-refractivity contribution in [1.82, 2.24) is 15.3 Å². The number of halogens is 1. The Bertz CT molecular complexity index is 683. The molecule has 1 fully saturated rings. The van der Waals surface area contributed by atoms with Crippen molar-refractivity contribution in [2.75, 3.05) is 24.6 Å². The molecule has 2 heterocycles. The maximum Gasteiger partial charge on any atom is 0.251 e. The molecule has 2 aromatic rings. The fourth-order valence-corrected chi connectivity index (χ4v) is 2.95. The average Bonchev–Trinajstić information content (AvgIpc) is 2.98. The normalized spacial score (nSPS) is 20.5. The lowest BCUT2D eigenvalue weighted by atomic mass is 10.0. The third-order valence-corrected chi connectivity index (χ3v) is 4.20. The molecule has 1 aliphatic rings. The lowest BCUT2D eigenvalue weighted by Crippen LogP contribution is -2.41. The number of nitrogens with one attached hydrogen (secondary N) is 1. The van der Waals surface area contributed by atoms with E-state index >= 15 is 0 Å². The predicted octanol–water partition coefficient (Wildman–Crippen LogP) is 1.36. The molecule has 1 saturated heterocycles. The first-order chi connectivity index (χ1) is 11.2. The third kappa shape index (κ3) is 3.60. The molecule has 6 nitrogen and oxygen atoms in total. The number of amides is 1. The Labute approximate surface area is 139 Å². The van der Waals surface area contributed by atoms with Crippen molar-refractivity contribution in [2.24, 2.45) is 5.92 Å². The second-order valence-corrected chi connectivity index (χ2v) is 5.94. The van der Waals surface area contributed by atoms with Gasteiger partial charge in [0.15, 0.2) is 0 Å². The smallest absolute Gasteiger partial charge is 0.251 e. The monoisotopic (exact) mass is 332 g/mol. The molecule has 0 aliphatic carbocycles. The summed E-state index contributed by atoms with van der Waals surface area (Å²) in [6.07, 6.45) is 3.16. The number of aliphatic hydroxyl groups is 1. The highest BCUT2D eigenvalue weighted by Crippen LogP contribution is 2.22. The fourth-order valence-electron chi connectivity index (χ4n) is 2.76. The van der Waals surface area contributed by atoms with E-state index in [2.05, 4.69) is 15.3 Å². The van der Waals surface area contributed by atoms with Gasteiger partial charge in [-0.3, -0.25) is 4.79 Å². The summed E-state index contributed by atoms with van der Waals surface area (Å²) in [5.74, 6) is 0.548. The van der Waals surface area contributed by atoms with Crippen LogP contribution in [-0.4, -0.2) is 46.7 Å². The van der Waals surface area contributed by atoms with E-state index in [9.17, 15) is 9.90 Å². The van der Waals surface area contributed by atoms with Gasteiger partial charge in [-0.2, -0.15) is 0 Å². The summed E-state index contributed by atoms with van der Waals surface area (Å²) in [5, 5.41) is 13.1. The van der Waals surface area contributed by atoms with Crippen LogP contribution in [0.3, 0.4) is 0 Å². The first-order valence-corrected chi connectivity index (χ1v) is 7.73. The molecule has 3 rings (SSSR count). The summed E-state index contributed by atoms with van der Waals surface area (Å²) >= 11 is 5.92. The van der Waals surface area contributed by atoms with E-state index in [1.165, 1.54) is 6.33 Å². The van der Waals surface area contributed by atoms with E-state index < -0.39 is 0 Å². The largest absolute Gasteiger partial charge is 0.396 e. The summed E-state index contributed by atoms with van der Waals surface area (Å²) in [4.78, 5) is 22.5. The second kappa shape index (κ2) is 6.93. The molecular formula is C16H17ClN4O2. The van der Waals surface area contributed by atoms with Crippen molar-refractivity contribution in [3.8, 4) is 0 Å². The van der Waals surface area contributed by atoms with Gasteiger partial charge < -0.3 is 15.3 Å². The number of carbonyl (C=O) groups is 1. The Morgan fingerprint density at radius 1 is 1.39 bits per heavy atom. The third-order valence-electron chi connectivity index (χ3n) is 3.97. The molecule has 23 heavy (non-hydrogen) atoms. The number of aliphatic hydroxyl groups excluding tert-OH is 1. The molecule has 7 heteroatoms. The minimum atomic E-state index is -0.194. The van der Waals surface area contributed by atoms with E-state index in [1.54, 1.807) is 30.5 Å². The Morgan fingerprint density at radius 2 is 2.26 bits per heavy atom. The molecule has 1 aliphatic heterocycles. The van der Waals surface area contributed by atoms with Gasteiger partial charge in [-0.15, -0.1) is 0 Å². The van der Waals surface area contributed by atoms with Crippen molar-refractivity contribution in [3.63, 3.8) is 0 Å². The molecule has 2 N–H and O–H groups in total. The standard InChI is InChI=1S/C16H17ClN4O2/c17-13-3-1-2-11(6-13)16(23)20-14-8-21(7-12(14)9-22)15-4-5-18-10-19-15/h1-6,10,12,14,22H,7-9H2,(H,20,23)/t12-,14+/m0/s1. The van der Waals surface area contributed by atoms with Crippen LogP contribution in [0, 0.1) is 5.92 Å². The van der Waals surface area contributed by atoms with Crippen molar-refractivity contribution >= 4 is 23.3 Å². The van der Waals surface area contributed by atoms with Gasteiger partial charge in [-0.05, 0) is 24.3 Å². The zero-order valence-corrected chi connectivity index (χ0v) is 13.1. The van der Waals surface area contributed by atoms with E-state index in [4.69, 9.17) is 11.6 Å². The van der Waals surface area contributed by atoms with Gasteiger partial charge in [0.2, 0.25) is 0 Å². The Hall–Kier alpha value is -2.18. The van der Waals surface area contributed by atoms with Crippen LogP contribution in [0.25, 0.3) is 0 Å². The zero-order valence-electron chi connectivity index (χ0n) is 12.4. The maximum absolute atomic E-state index is 12.4. The van der Waals surface area contributed by atoms with Gasteiger partial charge >= 0.3 is 0 Å². The van der Waals surface area contributed by atoms with Crippen molar-refractivity contribution in [1.29, 1.82) is 0 Å². The summed E-state index contributed by atoms with van der Waals surface area (Å²) in [5.41, 5.74) is 0.509. The average molecular weight is 333 g/mol. The van der Waals surface area contributed by atoms with Crippen LogP contribution in [0.1, 0.15) is 10.4 Å². The van der Waals surface area contributed by atoms with Gasteiger partial charge in [-0.25, -0.2) is 9.97 Å². The second-order valence-electron chi connectivity index (χ2n) is 5.51. The predicted molar refractivity (Wildman–Crippen MR) is 87.5 cm³/mol. The van der Waals surface area contributed by atoms with Crippen LogP contribution < -0.4 is 10.2 Å². The van der Waals surface area contributed by atoms with Crippen LogP contribution >= 0.6 is 11.6 Å². The number of aromatic nitrogens is 2. The van der Waals surface area contributed by atoms with Crippen molar-refractivity contribution in [2.45, 2.75) is 6.04 Å². The van der Waals surface area contributed by atoms with Crippen molar-refractivity contribution in [3.05, 3.63) is 53.4 Å². The fraction of sp³-hybridized carbons (Fsp3) is 0.312. The number of hydrogen-bond donors (Lipinski definition) is 2. The molecule has 1 amide bonds. The van der Waals surface area contributed by atoms with E-state index in [0.717, 1.165) is 5.82 Å². The minimum Gasteiger partial charge on any atom is -0.396 e. The van der Waals surface area contributed by atoms with Crippen LogP contribution in [0.15, 0.2) is 42.9 Å². The summed E-state index contributed by atoms with van der Waals surface area (Å²) in [6, 6.07) is 8.47. The zero-order chi connectivity index (χ0) is 16.2. The highest BCUT2D eigenvalue weighted by Gasteiger charge is 2.34. The molecule has 1 aromatic carbocycles. The highest BCUT2D eigenvalue weighted by molar-refractivity contribution is 6.30. The van der Waals surface area contributed by atoms with Gasteiger partial charge in [0.25, 0.3) is 5.91 Å². The number of nitrogens with zero attached hydrogens (tertiary/aromatic N) is 3. The van der Waals surface area contributed by atoms with Gasteiger partial charge in [0, 0.05) is 42.4 Å². The first kappa shape index (κ1) is 15.7. The lowest BCUT2D eigenvalue weighted by Gasteiger charge is -2.18. The number of benzene rings is 1. The quantitative estimate of drug-likeness (QED) is 0.884. The number of anilines is 1. The number of hydrogen-bond acceptors (Lipinski definition) is 5. The SMILES string of the molecule is O=C(N[C@@H]1CN(c2ccncn2)C[C@H]1CO)c1cccc(Cl)c1. The molecule has 0 saturated carbocycles. The summed E-state index contributed by atoms with van der Waals surface area (Å²) in [6.45, 7) is 1.23. The van der Waals surface area contributed by atoms with Gasteiger partial charge in [0.05, 0.1) is 6.04 Å². The Kier molecular flexibility index (Phi) is 4.73. The van der Waals surface area contributed by atoms with Crippen molar-refractivity contribution < 1.29 is 9.90 Å². The molecule has 120 valence electrons. The molecule has 0 spiro atoms. The lowest BCUT2D eigenvalue weighted by molar-refractivity contribution is 0.0921. The molecule has 0 unspecified atom stereocenters. The Balaban J connectivity index is 1.70. The maximum atomic E-state index is 12.4. The highest BCUT2D eigenvalue weighted by atomic mass is 35.5. The number of carbonyl (C=O) groups excluding carboxylic acids is 1. The van der Waals surface area contributed by atoms with E-state index in [1.807, 2.05) is 11.0 Å².